The molecule has 0 bridgehead atoms. The first-order valence-corrected chi connectivity index (χ1v) is 6.70. The summed E-state index contributed by atoms with van der Waals surface area (Å²) in [6.07, 6.45) is 10.0. The summed E-state index contributed by atoms with van der Waals surface area (Å²) in [6, 6.07) is 0.853. The van der Waals surface area contributed by atoms with E-state index in [1.807, 2.05) is 0 Å². The molecule has 0 atom stereocenters. The van der Waals surface area contributed by atoms with Gasteiger partial charge in [-0.05, 0) is 31.1 Å². The topological polar surface area (TPSA) is 12.5 Å². The van der Waals surface area contributed by atoms with Crippen LogP contribution in [-0.2, 0) is 4.74 Å². The monoisotopic (exact) mass is 209 g/mol. The molecule has 15 heavy (non-hydrogen) atoms. The normalized spacial score (nSPS) is 32.8. The van der Waals surface area contributed by atoms with Crippen LogP contribution in [0.4, 0.5) is 0 Å². The summed E-state index contributed by atoms with van der Waals surface area (Å²) >= 11 is 0. The smallest absolute Gasteiger partial charge is 0.0480 e. The molecule has 2 nitrogen and oxygen atoms in total. The molecule has 2 saturated heterocycles. The summed E-state index contributed by atoms with van der Waals surface area (Å²) in [6.45, 7) is 4.79. The summed E-state index contributed by atoms with van der Waals surface area (Å²) < 4.78 is 5.43. The average Bonchev–Trinajstić information content (AvgIpc) is 2.28. The zero-order chi connectivity index (χ0) is 10.1. The molecule has 1 aliphatic carbocycles. The van der Waals surface area contributed by atoms with E-state index in [9.17, 15) is 0 Å². The number of hydrogen-bond acceptors (Lipinski definition) is 2. The zero-order valence-corrected chi connectivity index (χ0v) is 9.71. The quantitative estimate of drug-likeness (QED) is 0.657. The summed E-state index contributed by atoms with van der Waals surface area (Å²) in [5.74, 6) is 0. The molecule has 0 aromatic heterocycles. The van der Waals surface area contributed by atoms with Crippen LogP contribution in [0.5, 0.6) is 0 Å². The Balaban J connectivity index is 1.51. The third-order valence-electron chi connectivity index (χ3n) is 4.70. The fourth-order valence-electron chi connectivity index (χ4n) is 3.74. The van der Waals surface area contributed by atoms with E-state index in [2.05, 4.69) is 4.90 Å². The van der Waals surface area contributed by atoms with Crippen LogP contribution in [0.2, 0.25) is 0 Å². The van der Waals surface area contributed by atoms with Crippen LogP contribution >= 0.6 is 0 Å². The van der Waals surface area contributed by atoms with Crippen LogP contribution in [0.1, 0.15) is 44.9 Å². The molecule has 0 N–H and O–H groups in total. The van der Waals surface area contributed by atoms with Crippen molar-refractivity contribution >= 4 is 0 Å². The van der Waals surface area contributed by atoms with Crippen molar-refractivity contribution in [2.75, 3.05) is 26.3 Å². The van der Waals surface area contributed by atoms with Gasteiger partial charge in [-0.1, -0.05) is 19.3 Å². The highest BCUT2D eigenvalue weighted by Gasteiger charge is 2.45. The zero-order valence-electron chi connectivity index (χ0n) is 9.71. The van der Waals surface area contributed by atoms with Gasteiger partial charge in [-0.2, -0.15) is 0 Å². The van der Waals surface area contributed by atoms with Gasteiger partial charge in [-0.3, -0.25) is 4.90 Å². The van der Waals surface area contributed by atoms with Gasteiger partial charge in [0.1, 0.15) is 0 Å². The maximum Gasteiger partial charge on any atom is 0.0480 e. The van der Waals surface area contributed by atoms with Crippen molar-refractivity contribution in [3.8, 4) is 0 Å². The van der Waals surface area contributed by atoms with E-state index < -0.39 is 0 Å². The molecule has 0 unspecified atom stereocenters. The lowest BCUT2D eigenvalue weighted by atomic mass is 9.68. The maximum atomic E-state index is 5.43. The van der Waals surface area contributed by atoms with E-state index >= 15 is 0 Å². The molecule has 1 saturated carbocycles. The molecule has 2 aliphatic heterocycles. The second kappa shape index (κ2) is 4.06. The average molecular weight is 209 g/mol. The Morgan fingerprint density at radius 3 is 2.27 bits per heavy atom. The van der Waals surface area contributed by atoms with E-state index in [1.54, 1.807) is 0 Å². The lowest BCUT2D eigenvalue weighted by molar-refractivity contribution is -0.0806. The summed E-state index contributed by atoms with van der Waals surface area (Å²) in [5, 5.41) is 0. The van der Waals surface area contributed by atoms with Gasteiger partial charge in [0.25, 0.3) is 0 Å². The van der Waals surface area contributed by atoms with Gasteiger partial charge in [0.05, 0.1) is 0 Å². The number of ether oxygens (including phenoxy) is 1. The van der Waals surface area contributed by atoms with Gasteiger partial charge in [-0.15, -0.1) is 0 Å². The number of likely N-dealkylation sites (tertiary alicyclic amines) is 1. The van der Waals surface area contributed by atoms with Gasteiger partial charge in [0.2, 0.25) is 0 Å². The first-order valence-electron chi connectivity index (χ1n) is 6.70. The fraction of sp³-hybridized carbons (Fsp3) is 1.00. The first kappa shape index (κ1) is 10.1. The Labute approximate surface area is 93.0 Å². The summed E-state index contributed by atoms with van der Waals surface area (Å²) in [4.78, 5) is 2.73. The summed E-state index contributed by atoms with van der Waals surface area (Å²) in [5.41, 5.74) is 0.760. The van der Waals surface area contributed by atoms with Crippen LogP contribution in [0.15, 0.2) is 0 Å². The molecule has 0 radical (unpaired) electrons. The van der Waals surface area contributed by atoms with Crippen LogP contribution < -0.4 is 0 Å². The van der Waals surface area contributed by atoms with E-state index in [4.69, 9.17) is 4.74 Å². The number of nitrogens with zero attached hydrogens (tertiary/aromatic N) is 1. The van der Waals surface area contributed by atoms with Crippen molar-refractivity contribution in [1.82, 2.24) is 4.90 Å². The Kier molecular flexibility index (Phi) is 2.73. The molecule has 0 aromatic rings. The molecule has 3 fully saturated rings. The highest BCUT2D eigenvalue weighted by atomic mass is 16.5. The van der Waals surface area contributed by atoms with Gasteiger partial charge in [-0.25, -0.2) is 0 Å². The molecule has 3 rings (SSSR count). The predicted octanol–water partition coefficient (Wildman–Crippen LogP) is 2.43. The third-order valence-corrected chi connectivity index (χ3v) is 4.70. The first-order chi connectivity index (χ1) is 7.38. The molecule has 2 heteroatoms. The largest absolute Gasteiger partial charge is 0.381 e. The van der Waals surface area contributed by atoms with Crippen molar-refractivity contribution < 1.29 is 4.74 Å². The molecular formula is C13H23NO. The van der Waals surface area contributed by atoms with Crippen molar-refractivity contribution in [2.24, 2.45) is 5.41 Å². The van der Waals surface area contributed by atoms with Crippen LogP contribution in [0.3, 0.4) is 0 Å². The molecule has 0 aromatic carbocycles. The van der Waals surface area contributed by atoms with Crippen molar-refractivity contribution in [3.63, 3.8) is 0 Å². The van der Waals surface area contributed by atoms with Crippen LogP contribution in [-0.4, -0.2) is 37.2 Å². The van der Waals surface area contributed by atoms with Crippen LogP contribution in [0, 0.1) is 5.41 Å². The number of hydrogen-bond donors (Lipinski definition) is 0. The summed E-state index contributed by atoms with van der Waals surface area (Å²) in [7, 11) is 0. The van der Waals surface area contributed by atoms with Gasteiger partial charge < -0.3 is 4.74 Å². The van der Waals surface area contributed by atoms with Crippen LogP contribution in [0.25, 0.3) is 0 Å². The van der Waals surface area contributed by atoms with E-state index in [0.717, 1.165) is 24.7 Å². The Morgan fingerprint density at radius 1 is 0.933 bits per heavy atom. The highest BCUT2D eigenvalue weighted by molar-refractivity contribution is 4.99. The second-order valence-electron chi connectivity index (χ2n) is 5.81. The minimum absolute atomic E-state index is 0.760. The molecule has 86 valence electrons. The molecule has 2 heterocycles. The highest BCUT2D eigenvalue weighted by Crippen LogP contribution is 2.45. The third kappa shape index (κ3) is 1.94. The van der Waals surface area contributed by atoms with Crippen molar-refractivity contribution in [3.05, 3.63) is 0 Å². The minimum Gasteiger partial charge on any atom is -0.381 e. The second-order valence-corrected chi connectivity index (χ2v) is 5.81. The van der Waals surface area contributed by atoms with Gasteiger partial charge >= 0.3 is 0 Å². The Morgan fingerprint density at radius 2 is 1.60 bits per heavy atom. The van der Waals surface area contributed by atoms with Crippen molar-refractivity contribution in [1.29, 1.82) is 0 Å². The molecule has 0 amide bonds. The molecule has 3 aliphatic rings. The lowest BCUT2D eigenvalue weighted by Gasteiger charge is -2.56. The van der Waals surface area contributed by atoms with E-state index in [-0.39, 0.29) is 0 Å². The van der Waals surface area contributed by atoms with Gasteiger partial charge in [0.15, 0.2) is 0 Å². The lowest BCUT2D eigenvalue weighted by Crippen LogP contribution is -2.61. The minimum atomic E-state index is 0.760. The van der Waals surface area contributed by atoms with E-state index in [1.165, 1.54) is 58.0 Å². The Bertz CT molecular complexity index is 209. The predicted molar refractivity (Wildman–Crippen MR) is 60.9 cm³/mol. The number of rotatable bonds is 1. The maximum absolute atomic E-state index is 5.43. The fourth-order valence-corrected chi connectivity index (χ4v) is 3.74. The molecular weight excluding hydrogens is 186 g/mol. The van der Waals surface area contributed by atoms with Gasteiger partial charge in [0, 0.05) is 32.3 Å². The molecule has 1 spiro atoms. The van der Waals surface area contributed by atoms with Crippen molar-refractivity contribution in [2.45, 2.75) is 51.0 Å². The van der Waals surface area contributed by atoms with E-state index in [0.29, 0.717) is 0 Å². The standard InChI is InChI=1S/C13H23NO/c1-2-6-13(7-3-1)10-14(11-13)12-4-8-15-9-5-12/h12H,1-11H2. The SMILES string of the molecule is C1CCC2(CC1)CN(C1CCOCC1)C2. The Hall–Kier alpha value is -0.0800.